The summed E-state index contributed by atoms with van der Waals surface area (Å²) in [6.45, 7) is 5.41. The summed E-state index contributed by atoms with van der Waals surface area (Å²) in [5.74, 6) is -2.27. The largest absolute Gasteiger partial charge is 0.486 e. The number of aliphatic hydroxyl groups excluding tert-OH is 1. The van der Waals surface area contributed by atoms with Gasteiger partial charge in [0, 0.05) is 18.3 Å². The average molecular weight is 346 g/mol. The average Bonchev–Trinajstić information content (AvgIpc) is 2.83. The molecular formula is C19H22O6. The molecule has 1 saturated carbocycles. The van der Waals surface area contributed by atoms with Gasteiger partial charge in [0.1, 0.15) is 17.8 Å². The van der Waals surface area contributed by atoms with Crippen LogP contribution in [0.5, 0.6) is 0 Å². The normalized spacial score (nSPS) is 47.3. The number of fused-ring (bicyclic) bond motifs is 1. The Hall–Kier alpha value is -1.95. The van der Waals surface area contributed by atoms with Gasteiger partial charge in [0.25, 0.3) is 0 Å². The van der Waals surface area contributed by atoms with E-state index in [0.717, 1.165) is 0 Å². The number of allylic oxidation sites excluding steroid dienone is 1. The van der Waals surface area contributed by atoms with Gasteiger partial charge in [-0.05, 0) is 18.4 Å². The van der Waals surface area contributed by atoms with Crippen LogP contribution in [-0.4, -0.2) is 40.5 Å². The van der Waals surface area contributed by atoms with Gasteiger partial charge in [-0.1, -0.05) is 26.8 Å². The third-order valence-electron chi connectivity index (χ3n) is 6.13. The number of carbonyl (C=O) groups is 3. The van der Waals surface area contributed by atoms with Crippen molar-refractivity contribution < 1.29 is 29.0 Å². The fourth-order valence-corrected chi connectivity index (χ4v) is 4.79. The van der Waals surface area contributed by atoms with Gasteiger partial charge in [0.05, 0.1) is 5.92 Å². The summed E-state index contributed by atoms with van der Waals surface area (Å²) < 4.78 is 11.6. The first-order valence-corrected chi connectivity index (χ1v) is 8.85. The van der Waals surface area contributed by atoms with Crippen LogP contribution in [0.1, 0.15) is 33.6 Å². The summed E-state index contributed by atoms with van der Waals surface area (Å²) in [5, 5.41) is 10.7. The van der Waals surface area contributed by atoms with Crippen molar-refractivity contribution in [3.8, 4) is 0 Å². The molecule has 1 N–H and O–H groups in total. The highest BCUT2D eigenvalue weighted by Crippen LogP contribution is 2.56. The zero-order chi connectivity index (χ0) is 18.1. The molecule has 1 spiro atoms. The number of rotatable bonds is 0. The first-order valence-electron chi connectivity index (χ1n) is 8.85. The second-order valence-electron chi connectivity index (χ2n) is 7.93. The quantitative estimate of drug-likeness (QED) is 0.526. The van der Waals surface area contributed by atoms with Crippen LogP contribution in [0.25, 0.3) is 0 Å². The van der Waals surface area contributed by atoms with Crippen molar-refractivity contribution in [2.24, 2.45) is 23.7 Å². The van der Waals surface area contributed by atoms with Crippen molar-refractivity contribution in [3.63, 3.8) is 0 Å². The third-order valence-corrected chi connectivity index (χ3v) is 6.13. The SMILES string of the molecule is C[C@@H]1C[C@H](C)C(=O)/C=C\[C@H]2[C@@H](O)[C@@H]3OC4=C(C(=O)O[C@@]42C[C@H]3C)C1=O. The minimum atomic E-state index is -1.18. The fourth-order valence-electron chi connectivity index (χ4n) is 4.79. The fraction of sp³-hybridized carbons (Fsp3) is 0.632. The maximum absolute atomic E-state index is 12.9. The van der Waals surface area contributed by atoms with E-state index < -0.39 is 35.6 Å². The van der Waals surface area contributed by atoms with E-state index in [1.165, 1.54) is 6.08 Å². The smallest absolute Gasteiger partial charge is 0.346 e. The van der Waals surface area contributed by atoms with Crippen LogP contribution in [0.15, 0.2) is 23.5 Å². The van der Waals surface area contributed by atoms with E-state index in [4.69, 9.17) is 9.47 Å². The summed E-state index contributed by atoms with van der Waals surface area (Å²) in [5.41, 5.74) is -1.21. The third kappa shape index (κ3) is 2.09. The summed E-state index contributed by atoms with van der Waals surface area (Å²) in [7, 11) is 0. The molecular weight excluding hydrogens is 324 g/mol. The first-order chi connectivity index (χ1) is 11.8. The zero-order valence-electron chi connectivity index (χ0n) is 14.5. The van der Waals surface area contributed by atoms with Gasteiger partial charge >= 0.3 is 5.97 Å². The van der Waals surface area contributed by atoms with Gasteiger partial charge in [-0.2, -0.15) is 0 Å². The standard InChI is InChI=1S/C19H22O6/c1-8-6-9(2)14(21)13-17-19(25-18(13)23)7-10(3)16(24-17)15(22)11(19)4-5-12(8)20/h4-5,8-11,15-16,22H,6-7H2,1-3H3/b5-4-/t8-,9+,10+,11-,15+,16+,19+/m0/s1. The summed E-state index contributed by atoms with van der Waals surface area (Å²) in [4.78, 5) is 37.8. The van der Waals surface area contributed by atoms with Crippen LogP contribution >= 0.6 is 0 Å². The van der Waals surface area contributed by atoms with Crippen LogP contribution in [-0.2, 0) is 23.9 Å². The molecule has 134 valence electrons. The highest BCUT2D eigenvalue weighted by Gasteiger charge is 2.67. The molecule has 7 atom stereocenters. The van der Waals surface area contributed by atoms with E-state index in [-0.39, 0.29) is 34.7 Å². The van der Waals surface area contributed by atoms with Crippen molar-refractivity contribution in [2.45, 2.75) is 51.4 Å². The van der Waals surface area contributed by atoms with Gasteiger partial charge in [-0.15, -0.1) is 0 Å². The molecule has 25 heavy (non-hydrogen) atoms. The molecule has 0 aromatic rings. The van der Waals surface area contributed by atoms with Crippen LogP contribution in [0.3, 0.4) is 0 Å². The lowest BCUT2D eigenvalue weighted by molar-refractivity contribution is -0.220. The highest BCUT2D eigenvalue weighted by atomic mass is 16.6. The van der Waals surface area contributed by atoms with Crippen molar-refractivity contribution in [1.82, 2.24) is 0 Å². The summed E-state index contributed by atoms with van der Waals surface area (Å²) in [6.07, 6.45) is 2.51. The van der Waals surface area contributed by atoms with Crippen molar-refractivity contribution >= 4 is 17.5 Å². The number of ketones is 2. The van der Waals surface area contributed by atoms with E-state index in [1.807, 2.05) is 6.92 Å². The Morgan fingerprint density at radius 3 is 2.60 bits per heavy atom. The first kappa shape index (κ1) is 16.5. The Balaban J connectivity index is 1.93. The van der Waals surface area contributed by atoms with Gasteiger partial charge < -0.3 is 14.6 Å². The van der Waals surface area contributed by atoms with Gasteiger partial charge in [-0.3, -0.25) is 9.59 Å². The van der Waals surface area contributed by atoms with Crippen LogP contribution in [0, 0.1) is 23.7 Å². The minimum Gasteiger partial charge on any atom is -0.486 e. The second kappa shape index (κ2) is 5.27. The van der Waals surface area contributed by atoms with Crippen molar-refractivity contribution in [2.75, 3.05) is 0 Å². The van der Waals surface area contributed by atoms with E-state index in [9.17, 15) is 19.5 Å². The highest BCUT2D eigenvalue weighted by molar-refractivity contribution is 6.20. The lowest BCUT2D eigenvalue weighted by atomic mass is 9.64. The minimum absolute atomic E-state index is 0.0252. The Morgan fingerprint density at radius 2 is 1.88 bits per heavy atom. The predicted molar refractivity (Wildman–Crippen MR) is 86.1 cm³/mol. The van der Waals surface area contributed by atoms with Crippen molar-refractivity contribution in [1.29, 1.82) is 0 Å². The molecule has 6 nitrogen and oxygen atoms in total. The van der Waals surface area contributed by atoms with Gasteiger partial charge in [0.2, 0.25) is 0 Å². The Morgan fingerprint density at radius 1 is 1.16 bits per heavy atom. The number of hydrogen-bond donors (Lipinski definition) is 1. The number of carbonyl (C=O) groups excluding carboxylic acids is 3. The molecule has 0 unspecified atom stereocenters. The molecule has 3 aliphatic heterocycles. The van der Waals surface area contributed by atoms with Crippen molar-refractivity contribution in [3.05, 3.63) is 23.5 Å². The number of aliphatic hydroxyl groups is 1. The zero-order valence-corrected chi connectivity index (χ0v) is 14.5. The summed E-state index contributed by atoms with van der Waals surface area (Å²) >= 11 is 0. The Bertz CT molecular complexity index is 734. The molecule has 2 saturated heterocycles. The molecule has 5 aliphatic rings. The Kier molecular flexibility index (Phi) is 3.48. The predicted octanol–water partition coefficient (Wildman–Crippen LogP) is 1.32. The van der Waals surface area contributed by atoms with E-state index in [2.05, 4.69) is 0 Å². The molecule has 5 rings (SSSR count). The molecule has 0 aromatic carbocycles. The summed E-state index contributed by atoms with van der Waals surface area (Å²) in [6, 6.07) is 0. The van der Waals surface area contributed by atoms with Crippen LogP contribution in [0.4, 0.5) is 0 Å². The number of ether oxygens (including phenoxy) is 2. The molecule has 0 amide bonds. The lowest BCUT2D eigenvalue weighted by Gasteiger charge is -2.54. The van der Waals surface area contributed by atoms with E-state index in [0.29, 0.717) is 12.8 Å². The number of hydrogen-bond acceptors (Lipinski definition) is 6. The molecule has 3 heterocycles. The van der Waals surface area contributed by atoms with E-state index >= 15 is 0 Å². The molecule has 2 aliphatic carbocycles. The number of esters is 1. The topological polar surface area (TPSA) is 89.9 Å². The molecule has 5 bridgehead atoms. The molecule has 0 aromatic heterocycles. The Labute approximate surface area is 145 Å². The van der Waals surface area contributed by atoms with E-state index in [1.54, 1.807) is 19.9 Å². The maximum atomic E-state index is 12.9. The molecule has 6 heteroatoms. The van der Waals surface area contributed by atoms with Crippen LogP contribution < -0.4 is 0 Å². The molecule has 3 fully saturated rings. The number of Topliss-reactive ketones (excluding diaryl/α,β-unsaturated/α-hetero) is 1. The lowest BCUT2D eigenvalue weighted by Crippen LogP contribution is -2.63. The van der Waals surface area contributed by atoms with Crippen LogP contribution in [0.2, 0.25) is 0 Å². The van der Waals surface area contributed by atoms with Gasteiger partial charge in [-0.25, -0.2) is 4.79 Å². The monoisotopic (exact) mass is 346 g/mol. The second-order valence-corrected chi connectivity index (χ2v) is 7.93. The maximum Gasteiger partial charge on any atom is 0.346 e. The molecule has 0 radical (unpaired) electrons. The van der Waals surface area contributed by atoms with Gasteiger partial charge in [0.15, 0.2) is 22.9 Å².